The number of rotatable bonds is 8. The van der Waals surface area contributed by atoms with E-state index in [0.29, 0.717) is 39.4 Å². The van der Waals surface area contributed by atoms with Crippen molar-refractivity contribution in [3.05, 3.63) is 84.1 Å². The van der Waals surface area contributed by atoms with Crippen molar-refractivity contribution >= 4 is 32.0 Å². The maximum Gasteiger partial charge on any atom is 0.209 e. The molecule has 0 atom stereocenters. The zero-order valence-corrected chi connectivity index (χ0v) is 23.4. The number of nitrogens with zero attached hydrogens (tertiary/aromatic N) is 5. The monoisotopic (exact) mass is 570 g/mol. The number of imidazole rings is 1. The van der Waals surface area contributed by atoms with Gasteiger partial charge in [-0.3, -0.25) is 15.1 Å². The molecule has 0 spiro atoms. The predicted octanol–water partition coefficient (Wildman–Crippen LogP) is 4.48. The number of hydrogen-bond acceptors (Lipinski definition) is 7. The van der Waals surface area contributed by atoms with E-state index in [1.165, 1.54) is 12.1 Å². The van der Waals surface area contributed by atoms with Gasteiger partial charge in [-0.15, -0.1) is 0 Å². The third-order valence-electron chi connectivity index (χ3n) is 6.58. The molecule has 12 heteroatoms. The van der Waals surface area contributed by atoms with E-state index in [9.17, 15) is 12.8 Å². The molecule has 10 nitrogen and oxygen atoms in total. The van der Waals surface area contributed by atoms with Gasteiger partial charge < -0.3 is 9.88 Å². The van der Waals surface area contributed by atoms with E-state index in [1.807, 2.05) is 38.6 Å². The van der Waals surface area contributed by atoms with Crippen LogP contribution in [0, 0.1) is 5.82 Å². The zero-order valence-electron chi connectivity index (χ0n) is 22.6. The fourth-order valence-corrected chi connectivity index (χ4v) is 5.26. The van der Waals surface area contributed by atoms with Crippen molar-refractivity contribution < 1.29 is 12.8 Å². The minimum Gasteiger partial charge on any atom is -0.336 e. The minimum atomic E-state index is -3.44. The summed E-state index contributed by atoms with van der Waals surface area (Å²) in [4.78, 5) is 19.2. The van der Waals surface area contributed by atoms with Crippen molar-refractivity contribution in [1.82, 2.24) is 39.8 Å². The molecule has 4 aromatic heterocycles. The van der Waals surface area contributed by atoms with Crippen molar-refractivity contribution in [2.24, 2.45) is 0 Å². The van der Waals surface area contributed by atoms with E-state index in [2.05, 4.69) is 46.9 Å². The Labute approximate surface area is 235 Å². The summed E-state index contributed by atoms with van der Waals surface area (Å²) in [7, 11) is 0.608. The van der Waals surface area contributed by atoms with E-state index >= 15 is 0 Å². The van der Waals surface area contributed by atoms with Crippen molar-refractivity contribution in [1.29, 1.82) is 0 Å². The Morgan fingerprint density at radius 3 is 2.56 bits per heavy atom. The van der Waals surface area contributed by atoms with E-state index in [1.54, 1.807) is 18.3 Å². The number of fused-ring (bicyclic) bond motifs is 2. The smallest absolute Gasteiger partial charge is 0.209 e. The third-order valence-corrected chi connectivity index (χ3v) is 7.25. The van der Waals surface area contributed by atoms with Crippen molar-refractivity contribution in [3.63, 3.8) is 0 Å². The van der Waals surface area contributed by atoms with Crippen molar-refractivity contribution in [2.45, 2.75) is 13.1 Å². The highest BCUT2D eigenvalue weighted by Crippen LogP contribution is 2.33. The van der Waals surface area contributed by atoms with Gasteiger partial charge in [0.25, 0.3) is 0 Å². The number of H-pyrrole nitrogens is 2. The average molecular weight is 571 g/mol. The first-order chi connectivity index (χ1) is 19.6. The van der Waals surface area contributed by atoms with Gasteiger partial charge in [-0.2, -0.15) is 5.10 Å². The second-order valence-corrected chi connectivity index (χ2v) is 12.1. The molecular weight excluding hydrogens is 543 g/mol. The number of benzene rings is 2. The Balaban J connectivity index is 1.40. The van der Waals surface area contributed by atoms with Gasteiger partial charge in [0.2, 0.25) is 10.0 Å². The molecule has 0 aliphatic rings. The number of aromatic amines is 2. The zero-order chi connectivity index (χ0) is 28.7. The first-order valence-corrected chi connectivity index (χ1v) is 14.7. The Bertz CT molecular complexity index is 2020. The van der Waals surface area contributed by atoms with Gasteiger partial charge in [0.15, 0.2) is 5.82 Å². The molecule has 4 heterocycles. The molecule has 0 bridgehead atoms. The molecule has 41 heavy (non-hydrogen) atoms. The molecule has 6 aromatic rings. The van der Waals surface area contributed by atoms with Crippen LogP contribution in [0.25, 0.3) is 55.8 Å². The van der Waals surface area contributed by atoms with E-state index < -0.39 is 15.8 Å². The Morgan fingerprint density at radius 1 is 0.927 bits per heavy atom. The highest BCUT2D eigenvalue weighted by atomic mass is 32.2. The van der Waals surface area contributed by atoms with Crippen LogP contribution in [-0.2, 0) is 23.1 Å². The Kier molecular flexibility index (Phi) is 6.81. The van der Waals surface area contributed by atoms with Gasteiger partial charge in [-0.05, 0) is 73.3 Å². The fraction of sp³-hybridized carbons (Fsp3) is 0.172. The number of pyridine rings is 2. The summed E-state index contributed by atoms with van der Waals surface area (Å²) in [6.45, 7) is 0.747. The number of aromatic nitrogens is 6. The SMILES string of the molecule is CN(C)Cc1cncc(-c2ccc3[nH]nc(-c4nc5c(-c6cc(F)cc(CNS(C)(=O)=O)c6)nccc5[nH]4)c3c2)c1. The van der Waals surface area contributed by atoms with Gasteiger partial charge in [-0.25, -0.2) is 22.5 Å². The minimum absolute atomic E-state index is 0.0411. The lowest BCUT2D eigenvalue weighted by Crippen LogP contribution is -2.21. The molecule has 208 valence electrons. The second-order valence-electron chi connectivity index (χ2n) is 10.2. The lowest BCUT2D eigenvalue weighted by Gasteiger charge is -2.10. The molecule has 6 rings (SSSR count). The second kappa shape index (κ2) is 10.5. The van der Waals surface area contributed by atoms with Crippen LogP contribution in [0.2, 0.25) is 0 Å². The Morgan fingerprint density at radius 2 is 1.76 bits per heavy atom. The topological polar surface area (TPSA) is 133 Å². The summed E-state index contributed by atoms with van der Waals surface area (Å²) in [5.41, 5.74) is 7.28. The maximum atomic E-state index is 14.5. The van der Waals surface area contributed by atoms with Crippen LogP contribution in [-0.4, -0.2) is 63.8 Å². The quantitative estimate of drug-likeness (QED) is 0.246. The first-order valence-electron chi connectivity index (χ1n) is 12.8. The first kappa shape index (κ1) is 26.7. The van der Waals surface area contributed by atoms with Crippen LogP contribution in [0.1, 0.15) is 11.1 Å². The molecule has 0 amide bonds. The molecule has 0 saturated heterocycles. The van der Waals surface area contributed by atoms with Crippen molar-refractivity contribution in [2.75, 3.05) is 20.4 Å². The molecule has 0 radical (unpaired) electrons. The molecular formula is C29H27FN8O2S. The number of sulfonamides is 1. The molecule has 3 N–H and O–H groups in total. The predicted molar refractivity (Wildman–Crippen MR) is 157 cm³/mol. The largest absolute Gasteiger partial charge is 0.336 e. The highest BCUT2D eigenvalue weighted by Gasteiger charge is 2.17. The molecule has 0 saturated carbocycles. The maximum absolute atomic E-state index is 14.5. The van der Waals surface area contributed by atoms with E-state index in [0.717, 1.165) is 40.4 Å². The van der Waals surface area contributed by atoms with Crippen molar-refractivity contribution in [3.8, 4) is 33.9 Å². The molecule has 0 aliphatic carbocycles. The lowest BCUT2D eigenvalue weighted by atomic mass is 10.0. The molecule has 0 fully saturated rings. The normalized spacial score (nSPS) is 12.1. The van der Waals surface area contributed by atoms with Gasteiger partial charge in [-0.1, -0.05) is 6.07 Å². The molecule has 2 aromatic carbocycles. The fourth-order valence-electron chi connectivity index (χ4n) is 4.83. The number of nitrogens with one attached hydrogen (secondary N) is 3. The van der Waals surface area contributed by atoms with Crippen LogP contribution >= 0.6 is 0 Å². The van der Waals surface area contributed by atoms with Gasteiger partial charge >= 0.3 is 0 Å². The van der Waals surface area contributed by atoms with E-state index in [4.69, 9.17) is 4.98 Å². The van der Waals surface area contributed by atoms with Crippen LogP contribution in [0.15, 0.2) is 67.1 Å². The summed E-state index contributed by atoms with van der Waals surface area (Å²) in [6, 6.07) is 14.3. The van der Waals surface area contributed by atoms with Gasteiger partial charge in [0.1, 0.15) is 17.0 Å². The van der Waals surface area contributed by atoms with Crippen LogP contribution in [0.4, 0.5) is 4.39 Å². The summed E-state index contributed by atoms with van der Waals surface area (Å²) in [5.74, 6) is 0.0323. The summed E-state index contributed by atoms with van der Waals surface area (Å²) in [6.07, 6.45) is 6.39. The average Bonchev–Trinajstić information content (AvgIpc) is 3.54. The summed E-state index contributed by atoms with van der Waals surface area (Å²) < 4.78 is 40.0. The lowest BCUT2D eigenvalue weighted by molar-refractivity contribution is 0.402. The summed E-state index contributed by atoms with van der Waals surface area (Å²) >= 11 is 0. The van der Waals surface area contributed by atoms with E-state index in [-0.39, 0.29) is 6.54 Å². The number of halogens is 1. The number of hydrogen-bond donors (Lipinski definition) is 3. The summed E-state index contributed by atoms with van der Waals surface area (Å²) in [5, 5.41) is 8.51. The Hall–Kier alpha value is -4.52. The van der Waals surface area contributed by atoms with Crippen LogP contribution in [0.3, 0.4) is 0 Å². The highest BCUT2D eigenvalue weighted by molar-refractivity contribution is 7.88. The van der Waals surface area contributed by atoms with Crippen LogP contribution < -0.4 is 4.72 Å². The molecule has 0 aliphatic heterocycles. The molecule has 0 unspecified atom stereocenters. The van der Waals surface area contributed by atoms with Crippen LogP contribution in [0.5, 0.6) is 0 Å². The van der Waals surface area contributed by atoms with Gasteiger partial charge in [0, 0.05) is 48.2 Å². The standard InChI is InChI=1S/C29H27FN8O2S/c1-38(2)16-18-9-21(15-31-13-18)19-4-5-24-23(12-19)27(37-36-24)29-34-25-6-7-32-26(28(25)35-29)20-8-17(10-22(30)11-20)14-33-41(3,39)40/h4-13,15,33H,14,16H2,1-3H3,(H,34,35)(H,36,37). The third kappa shape index (κ3) is 5.71. The van der Waals surface area contributed by atoms with Gasteiger partial charge in [0.05, 0.1) is 23.0 Å².